The maximum atomic E-state index is 12.3. The molecule has 4 heteroatoms. The molecule has 108 valence electrons. The average Bonchev–Trinajstić information content (AvgIpc) is 2.42. The molecule has 0 spiro atoms. The van der Waals surface area contributed by atoms with Gasteiger partial charge in [0.2, 0.25) is 0 Å². The van der Waals surface area contributed by atoms with Crippen LogP contribution in [0.15, 0.2) is 0 Å². The monoisotopic (exact) mass is 380 g/mol. The van der Waals surface area contributed by atoms with E-state index in [0.29, 0.717) is 0 Å². The van der Waals surface area contributed by atoms with E-state index in [1.165, 1.54) is 18.1 Å². The van der Waals surface area contributed by atoms with Crippen LogP contribution < -0.4 is 0 Å². The van der Waals surface area contributed by atoms with Crippen molar-refractivity contribution < 1.29 is 7.87 Å². The molecule has 0 amide bonds. The van der Waals surface area contributed by atoms with E-state index in [1.807, 2.05) is 0 Å². The molecule has 0 aromatic carbocycles. The molecule has 2 nitrogen and oxygen atoms in total. The Morgan fingerprint density at radius 3 is 1.56 bits per heavy atom. The molecule has 0 saturated heterocycles. The molecule has 0 rings (SSSR count). The summed E-state index contributed by atoms with van der Waals surface area (Å²) < 4.78 is 9.45. The van der Waals surface area contributed by atoms with Crippen molar-refractivity contribution in [2.24, 2.45) is 0 Å². The molecule has 0 aliphatic heterocycles. The number of carbonyl (C=O) groups excluding carboxylic acids is 1. The zero-order valence-corrected chi connectivity index (χ0v) is 17.1. The molecular formula is C14H32O2SiSn. The normalized spacial score (nSPS) is 12.6. The third-order valence-corrected chi connectivity index (χ3v) is 23.5. The van der Waals surface area contributed by atoms with Gasteiger partial charge >= 0.3 is 120 Å². The molecule has 0 fully saturated rings. The predicted molar refractivity (Wildman–Crippen MR) is 85.3 cm³/mol. The Hall–Kier alpha value is 0.486. The molecule has 0 aromatic rings. The zero-order chi connectivity index (χ0) is 14.2. The molecule has 18 heavy (non-hydrogen) atoms. The maximum absolute atomic E-state index is 12.3. The van der Waals surface area contributed by atoms with E-state index in [2.05, 4.69) is 41.5 Å². The average molecular weight is 379 g/mol. The molecular weight excluding hydrogens is 347 g/mol. The summed E-state index contributed by atoms with van der Waals surface area (Å²) in [5.41, 5.74) is 0. The van der Waals surface area contributed by atoms with Crippen LogP contribution in [0.1, 0.15) is 41.5 Å². The van der Waals surface area contributed by atoms with Gasteiger partial charge in [-0.15, -0.1) is 0 Å². The summed E-state index contributed by atoms with van der Waals surface area (Å²) in [7, 11) is -1.36. The van der Waals surface area contributed by atoms with Crippen LogP contribution in [0.2, 0.25) is 37.5 Å². The first kappa shape index (κ1) is 18.5. The fourth-order valence-electron chi connectivity index (χ4n) is 2.68. The second-order valence-electron chi connectivity index (χ2n) is 5.46. The number of hydrogen-bond acceptors (Lipinski definition) is 2. The van der Waals surface area contributed by atoms with Gasteiger partial charge < -0.3 is 0 Å². The van der Waals surface area contributed by atoms with E-state index in [-0.39, 0.29) is 5.97 Å². The zero-order valence-electron chi connectivity index (χ0n) is 13.3. The standard InChI is InChI=1S/C8H18O2Si.3C2H5.Sn/c1-4-11(5-2,6-3)7-8(9)10;3*1-2;/h4-7H2,1-3H3,(H,9,10);3*1H2,2H3;/q;;;;+1/p-1. The summed E-state index contributed by atoms with van der Waals surface area (Å²) in [5.74, 6) is 0.147. The fraction of sp³-hybridized carbons (Fsp3) is 0.929. The SMILES string of the molecule is CC[Si](CC)(CC)CC(=O)[O][Sn]([CH2]C)([CH2]C)[CH2]C. The first-order chi connectivity index (χ1) is 8.46. The van der Waals surface area contributed by atoms with Gasteiger partial charge in [-0.3, -0.25) is 0 Å². The second-order valence-corrected chi connectivity index (χ2v) is 24.3. The minimum absolute atomic E-state index is 0.147. The third-order valence-electron chi connectivity index (χ3n) is 5.03. The quantitative estimate of drug-likeness (QED) is 0.525. The van der Waals surface area contributed by atoms with E-state index in [1.54, 1.807) is 0 Å². The fourth-order valence-corrected chi connectivity index (χ4v) is 13.1. The van der Waals surface area contributed by atoms with Crippen LogP contribution in [-0.2, 0) is 7.87 Å². The Balaban J connectivity index is 4.67. The summed E-state index contributed by atoms with van der Waals surface area (Å²) in [6, 6.07) is 4.39. The summed E-state index contributed by atoms with van der Waals surface area (Å²) >= 11 is -2.53. The molecule has 0 bridgehead atoms. The van der Waals surface area contributed by atoms with Crippen molar-refractivity contribution in [2.45, 2.75) is 79.0 Å². The van der Waals surface area contributed by atoms with Crippen molar-refractivity contribution in [2.75, 3.05) is 0 Å². The van der Waals surface area contributed by atoms with E-state index in [4.69, 9.17) is 3.07 Å². The van der Waals surface area contributed by atoms with Crippen molar-refractivity contribution in [1.82, 2.24) is 0 Å². The van der Waals surface area contributed by atoms with Crippen LogP contribution in [-0.4, -0.2) is 32.8 Å². The molecule has 0 aliphatic rings. The van der Waals surface area contributed by atoms with Crippen molar-refractivity contribution >= 4 is 32.8 Å². The first-order valence-electron chi connectivity index (χ1n) is 7.68. The van der Waals surface area contributed by atoms with Crippen LogP contribution >= 0.6 is 0 Å². The molecule has 0 heterocycles. The Kier molecular flexibility index (Phi) is 8.85. The van der Waals surface area contributed by atoms with E-state index >= 15 is 0 Å². The number of hydrogen-bond donors (Lipinski definition) is 0. The summed E-state index contributed by atoms with van der Waals surface area (Å²) in [6.45, 7) is 13.4. The summed E-state index contributed by atoms with van der Waals surface area (Å²) in [5, 5.41) is 0. The van der Waals surface area contributed by atoms with Gasteiger partial charge in [-0.1, -0.05) is 0 Å². The van der Waals surface area contributed by atoms with Gasteiger partial charge in [0, 0.05) is 0 Å². The van der Waals surface area contributed by atoms with Crippen LogP contribution in [0.25, 0.3) is 0 Å². The van der Waals surface area contributed by atoms with Gasteiger partial charge in [0.1, 0.15) is 0 Å². The molecule has 0 saturated carbocycles. The van der Waals surface area contributed by atoms with Gasteiger partial charge in [-0.2, -0.15) is 0 Å². The molecule has 0 aromatic heterocycles. The van der Waals surface area contributed by atoms with Gasteiger partial charge in [-0.05, 0) is 0 Å². The number of rotatable bonds is 9. The van der Waals surface area contributed by atoms with Gasteiger partial charge in [0.25, 0.3) is 0 Å². The van der Waals surface area contributed by atoms with Gasteiger partial charge in [-0.25, -0.2) is 0 Å². The predicted octanol–water partition coefficient (Wildman–Crippen LogP) is 5.04. The Bertz CT molecular complexity index is 208. The van der Waals surface area contributed by atoms with E-state index in [9.17, 15) is 4.79 Å². The Morgan fingerprint density at radius 1 is 0.889 bits per heavy atom. The molecule has 0 radical (unpaired) electrons. The van der Waals surface area contributed by atoms with Crippen molar-refractivity contribution in [3.8, 4) is 0 Å². The summed E-state index contributed by atoms with van der Waals surface area (Å²) in [4.78, 5) is 12.3. The molecule has 0 aliphatic carbocycles. The molecule has 0 N–H and O–H groups in total. The van der Waals surface area contributed by atoms with Crippen LogP contribution in [0, 0.1) is 0 Å². The van der Waals surface area contributed by atoms with Crippen LogP contribution in [0.5, 0.6) is 0 Å². The minimum atomic E-state index is -2.53. The van der Waals surface area contributed by atoms with Crippen molar-refractivity contribution in [3.63, 3.8) is 0 Å². The van der Waals surface area contributed by atoms with Crippen molar-refractivity contribution in [1.29, 1.82) is 0 Å². The first-order valence-corrected chi connectivity index (χ1v) is 17.7. The van der Waals surface area contributed by atoms with Crippen LogP contribution in [0.4, 0.5) is 0 Å². The Labute approximate surface area is 119 Å². The van der Waals surface area contributed by atoms with Crippen LogP contribution in [0.3, 0.4) is 0 Å². The van der Waals surface area contributed by atoms with E-state index < -0.39 is 26.9 Å². The Morgan fingerprint density at radius 2 is 1.28 bits per heavy atom. The summed E-state index contributed by atoms with van der Waals surface area (Å²) in [6.07, 6.45) is 0. The van der Waals surface area contributed by atoms with E-state index in [0.717, 1.165) is 19.4 Å². The van der Waals surface area contributed by atoms with Gasteiger partial charge in [0.05, 0.1) is 0 Å². The third kappa shape index (κ3) is 4.87. The second kappa shape index (κ2) is 8.62. The topological polar surface area (TPSA) is 26.3 Å². The molecule has 0 atom stereocenters. The number of carbonyl (C=O) groups is 1. The molecule has 0 unspecified atom stereocenters. The van der Waals surface area contributed by atoms with Gasteiger partial charge in [0.15, 0.2) is 0 Å². The van der Waals surface area contributed by atoms with Crippen molar-refractivity contribution in [3.05, 3.63) is 0 Å².